The number of benzene rings is 2. The van der Waals surface area contributed by atoms with Crippen LogP contribution in [0, 0.1) is 6.92 Å². The summed E-state index contributed by atoms with van der Waals surface area (Å²) in [6.07, 6.45) is 0. The Morgan fingerprint density at radius 3 is 2.52 bits per heavy atom. The fourth-order valence-corrected chi connectivity index (χ4v) is 2.27. The van der Waals surface area contributed by atoms with Gasteiger partial charge in [0.1, 0.15) is 12.4 Å². The van der Waals surface area contributed by atoms with Crippen LogP contribution in [0.1, 0.15) is 11.1 Å². The van der Waals surface area contributed by atoms with Gasteiger partial charge in [-0.25, -0.2) is 4.99 Å². The minimum Gasteiger partial charge on any atom is -0.493 e. The smallest absolute Gasteiger partial charge is 0.189 e. The van der Waals surface area contributed by atoms with Crippen LogP contribution in [-0.4, -0.2) is 33.3 Å². The van der Waals surface area contributed by atoms with Crippen molar-refractivity contribution in [3.8, 4) is 17.2 Å². The molecule has 0 aliphatic carbocycles. The van der Waals surface area contributed by atoms with E-state index in [0.717, 1.165) is 16.9 Å². The maximum atomic E-state index is 5.88. The molecule has 0 spiro atoms. The average molecular weight is 343 g/mol. The first-order valence-corrected chi connectivity index (χ1v) is 8.07. The van der Waals surface area contributed by atoms with Crippen LogP contribution in [0.15, 0.2) is 47.5 Å². The average Bonchev–Trinajstić information content (AvgIpc) is 2.64. The van der Waals surface area contributed by atoms with E-state index in [9.17, 15) is 0 Å². The number of hydrogen-bond donors (Lipinski definition) is 2. The Kier molecular flexibility index (Phi) is 6.95. The van der Waals surface area contributed by atoms with Crippen molar-refractivity contribution in [3.63, 3.8) is 0 Å². The molecule has 0 heterocycles. The maximum Gasteiger partial charge on any atom is 0.189 e. The van der Waals surface area contributed by atoms with Crippen LogP contribution in [0.3, 0.4) is 0 Å². The van der Waals surface area contributed by atoms with E-state index in [4.69, 9.17) is 19.9 Å². The molecule has 0 unspecified atom stereocenters. The summed E-state index contributed by atoms with van der Waals surface area (Å²) in [4.78, 5) is 4.32. The van der Waals surface area contributed by atoms with Gasteiger partial charge in [0.2, 0.25) is 0 Å². The van der Waals surface area contributed by atoms with E-state index >= 15 is 0 Å². The minimum atomic E-state index is 0.378. The molecular weight excluding hydrogens is 318 g/mol. The number of para-hydroxylation sites is 1. The molecule has 0 aromatic heterocycles. The molecule has 0 amide bonds. The van der Waals surface area contributed by atoms with Gasteiger partial charge in [-0.3, -0.25) is 0 Å². The van der Waals surface area contributed by atoms with Crippen LogP contribution >= 0.6 is 0 Å². The van der Waals surface area contributed by atoms with Crippen LogP contribution in [0.4, 0.5) is 0 Å². The second-order valence-corrected chi connectivity index (χ2v) is 5.43. The van der Waals surface area contributed by atoms with Crippen molar-refractivity contribution >= 4 is 5.96 Å². The van der Waals surface area contributed by atoms with E-state index in [0.29, 0.717) is 37.2 Å². The molecule has 0 saturated carbocycles. The lowest BCUT2D eigenvalue weighted by Crippen LogP contribution is -2.34. The largest absolute Gasteiger partial charge is 0.493 e. The van der Waals surface area contributed by atoms with Crippen LogP contribution in [0.25, 0.3) is 0 Å². The van der Waals surface area contributed by atoms with Gasteiger partial charge in [-0.15, -0.1) is 0 Å². The SMILES string of the molecule is COc1ccc(CN=C(N)NCCOc2ccccc2C)cc1OC. The number of hydrogen-bond acceptors (Lipinski definition) is 4. The lowest BCUT2D eigenvalue weighted by molar-refractivity contribution is 0.320. The summed E-state index contributed by atoms with van der Waals surface area (Å²) in [6.45, 7) is 3.56. The molecule has 6 nitrogen and oxygen atoms in total. The number of nitrogens with one attached hydrogen (secondary N) is 1. The highest BCUT2D eigenvalue weighted by atomic mass is 16.5. The zero-order chi connectivity index (χ0) is 18.1. The number of rotatable bonds is 8. The molecule has 2 aromatic rings. The number of nitrogens with two attached hydrogens (primary N) is 1. The normalized spacial score (nSPS) is 11.1. The van der Waals surface area contributed by atoms with E-state index in [-0.39, 0.29) is 0 Å². The van der Waals surface area contributed by atoms with Gasteiger partial charge in [0.15, 0.2) is 17.5 Å². The summed E-state index contributed by atoms with van der Waals surface area (Å²) in [7, 11) is 3.21. The van der Waals surface area contributed by atoms with Crippen LogP contribution in [0.5, 0.6) is 17.2 Å². The van der Waals surface area contributed by atoms with Crippen molar-refractivity contribution < 1.29 is 14.2 Å². The molecule has 2 rings (SSSR count). The Morgan fingerprint density at radius 1 is 1.04 bits per heavy atom. The molecule has 0 aliphatic heterocycles. The molecule has 3 N–H and O–H groups in total. The molecule has 0 fully saturated rings. The number of methoxy groups -OCH3 is 2. The molecule has 0 radical (unpaired) electrons. The molecular formula is C19H25N3O3. The zero-order valence-electron chi connectivity index (χ0n) is 14.9. The van der Waals surface area contributed by atoms with E-state index in [1.165, 1.54) is 0 Å². The van der Waals surface area contributed by atoms with Gasteiger partial charge < -0.3 is 25.3 Å². The van der Waals surface area contributed by atoms with Crippen molar-refractivity contribution in [2.75, 3.05) is 27.4 Å². The van der Waals surface area contributed by atoms with Crippen LogP contribution in [-0.2, 0) is 6.54 Å². The predicted molar refractivity (Wildman–Crippen MR) is 99.5 cm³/mol. The second-order valence-electron chi connectivity index (χ2n) is 5.43. The molecule has 6 heteroatoms. The van der Waals surface area contributed by atoms with Gasteiger partial charge in [-0.1, -0.05) is 24.3 Å². The lowest BCUT2D eigenvalue weighted by Gasteiger charge is -2.10. The van der Waals surface area contributed by atoms with Gasteiger partial charge in [0, 0.05) is 0 Å². The van der Waals surface area contributed by atoms with E-state index < -0.39 is 0 Å². The third kappa shape index (κ3) is 5.60. The third-order valence-electron chi connectivity index (χ3n) is 3.64. The molecule has 0 atom stereocenters. The Labute approximate surface area is 148 Å². The molecule has 2 aromatic carbocycles. The van der Waals surface area contributed by atoms with Gasteiger partial charge in [0.05, 0.1) is 27.3 Å². The zero-order valence-corrected chi connectivity index (χ0v) is 14.9. The quantitative estimate of drug-likeness (QED) is 0.437. The summed E-state index contributed by atoms with van der Waals surface area (Å²) in [6, 6.07) is 13.6. The minimum absolute atomic E-state index is 0.378. The van der Waals surface area contributed by atoms with Crippen molar-refractivity contribution in [1.29, 1.82) is 0 Å². The summed E-state index contributed by atoms with van der Waals surface area (Å²) < 4.78 is 16.2. The van der Waals surface area contributed by atoms with Crippen LogP contribution in [0.2, 0.25) is 0 Å². The summed E-state index contributed by atoms with van der Waals surface area (Å²) in [5.74, 6) is 2.62. The van der Waals surface area contributed by atoms with Gasteiger partial charge >= 0.3 is 0 Å². The van der Waals surface area contributed by atoms with E-state index in [2.05, 4.69) is 10.3 Å². The number of aliphatic imine (C=N–C) groups is 1. The standard InChI is InChI=1S/C19H25N3O3/c1-14-6-4-5-7-16(14)25-11-10-21-19(20)22-13-15-8-9-17(23-2)18(12-15)24-3/h4-9,12H,10-11,13H2,1-3H3,(H3,20,21,22). The molecule has 0 aliphatic rings. The van der Waals surface area contributed by atoms with Crippen molar-refractivity contribution in [2.24, 2.45) is 10.7 Å². The topological polar surface area (TPSA) is 78.1 Å². The second kappa shape index (κ2) is 9.42. The summed E-state index contributed by atoms with van der Waals surface area (Å²) in [5, 5.41) is 3.04. The molecule has 25 heavy (non-hydrogen) atoms. The first-order valence-electron chi connectivity index (χ1n) is 8.07. The highest BCUT2D eigenvalue weighted by Gasteiger charge is 2.04. The van der Waals surface area contributed by atoms with Crippen LogP contribution < -0.4 is 25.3 Å². The monoisotopic (exact) mass is 343 g/mol. The van der Waals surface area contributed by atoms with E-state index in [1.807, 2.05) is 49.4 Å². The fourth-order valence-electron chi connectivity index (χ4n) is 2.27. The summed E-state index contributed by atoms with van der Waals surface area (Å²) >= 11 is 0. The molecule has 134 valence electrons. The molecule has 0 saturated heterocycles. The number of nitrogens with zero attached hydrogens (tertiary/aromatic N) is 1. The van der Waals surface area contributed by atoms with Crippen molar-refractivity contribution in [1.82, 2.24) is 5.32 Å². The Morgan fingerprint density at radius 2 is 1.80 bits per heavy atom. The Bertz CT molecular complexity index is 717. The fraction of sp³-hybridized carbons (Fsp3) is 0.316. The van der Waals surface area contributed by atoms with Gasteiger partial charge in [-0.2, -0.15) is 0 Å². The highest BCUT2D eigenvalue weighted by molar-refractivity contribution is 5.77. The number of guanidine groups is 1. The van der Waals surface area contributed by atoms with Gasteiger partial charge in [-0.05, 0) is 36.2 Å². The highest BCUT2D eigenvalue weighted by Crippen LogP contribution is 2.27. The third-order valence-corrected chi connectivity index (χ3v) is 3.64. The maximum absolute atomic E-state index is 5.88. The molecule has 0 bridgehead atoms. The van der Waals surface area contributed by atoms with Gasteiger partial charge in [0.25, 0.3) is 0 Å². The number of aryl methyl sites for hydroxylation is 1. The first-order chi connectivity index (χ1) is 12.1. The number of ether oxygens (including phenoxy) is 3. The Hall–Kier alpha value is -2.89. The van der Waals surface area contributed by atoms with E-state index in [1.54, 1.807) is 14.2 Å². The predicted octanol–water partition coefficient (Wildman–Crippen LogP) is 2.50. The van der Waals surface area contributed by atoms with Crippen molar-refractivity contribution in [2.45, 2.75) is 13.5 Å². The lowest BCUT2D eigenvalue weighted by atomic mass is 10.2. The Balaban J connectivity index is 1.79. The summed E-state index contributed by atoms with van der Waals surface area (Å²) in [5.41, 5.74) is 7.98. The first kappa shape index (κ1) is 18.4. The van der Waals surface area contributed by atoms with Crippen molar-refractivity contribution in [3.05, 3.63) is 53.6 Å².